The number of para-hydroxylation sites is 2. The van der Waals surface area contributed by atoms with Crippen LogP contribution in [0.3, 0.4) is 0 Å². The lowest BCUT2D eigenvalue weighted by Gasteiger charge is -2.21. The highest BCUT2D eigenvalue weighted by molar-refractivity contribution is 5.81. The molecule has 0 heterocycles. The maximum Gasteiger partial charge on any atom is 0.241 e. The Morgan fingerprint density at radius 3 is 2.55 bits per heavy atom. The lowest BCUT2D eigenvalue weighted by molar-refractivity contribution is -0.132. The molecule has 20 heavy (non-hydrogen) atoms. The zero-order chi connectivity index (χ0) is 15.0. The summed E-state index contributed by atoms with van der Waals surface area (Å²) < 4.78 is 15.6. The molecule has 0 bridgehead atoms. The van der Waals surface area contributed by atoms with Gasteiger partial charge in [0.2, 0.25) is 5.91 Å². The Hall–Kier alpha value is -1.79. The lowest BCUT2D eigenvalue weighted by Crippen LogP contribution is -2.45. The molecule has 1 aromatic carbocycles. The smallest absolute Gasteiger partial charge is 0.241 e. The van der Waals surface area contributed by atoms with Gasteiger partial charge in [-0.1, -0.05) is 12.1 Å². The summed E-state index contributed by atoms with van der Waals surface area (Å²) in [6, 6.07) is 6.72. The maximum absolute atomic E-state index is 11.8. The van der Waals surface area contributed by atoms with Crippen LogP contribution in [-0.4, -0.2) is 57.9 Å². The molecule has 112 valence electrons. The number of rotatable bonds is 8. The Morgan fingerprint density at radius 1 is 1.30 bits per heavy atom. The number of benzene rings is 1. The van der Waals surface area contributed by atoms with Crippen LogP contribution in [0.4, 0.5) is 0 Å². The first-order chi connectivity index (χ1) is 9.60. The van der Waals surface area contributed by atoms with Gasteiger partial charge in [-0.15, -0.1) is 0 Å². The number of ether oxygens (including phenoxy) is 3. The number of carbonyl (C=O) groups is 1. The zero-order valence-electron chi connectivity index (χ0n) is 12.2. The molecule has 6 nitrogen and oxygen atoms in total. The number of methoxy groups -OCH3 is 2. The number of carbonyl (C=O) groups excluding carboxylic acids is 1. The first-order valence-electron chi connectivity index (χ1n) is 6.35. The highest BCUT2D eigenvalue weighted by atomic mass is 16.5. The molecular weight excluding hydrogens is 260 g/mol. The van der Waals surface area contributed by atoms with E-state index in [0.29, 0.717) is 24.7 Å². The lowest BCUT2D eigenvalue weighted by atomic mass is 10.3. The summed E-state index contributed by atoms with van der Waals surface area (Å²) in [7, 11) is 4.78. The molecule has 0 aliphatic heterocycles. The average molecular weight is 282 g/mol. The van der Waals surface area contributed by atoms with Gasteiger partial charge in [0, 0.05) is 14.2 Å². The van der Waals surface area contributed by atoms with Crippen LogP contribution in [0.25, 0.3) is 0 Å². The third-order valence-corrected chi connectivity index (χ3v) is 2.79. The zero-order valence-corrected chi connectivity index (χ0v) is 12.2. The van der Waals surface area contributed by atoms with Gasteiger partial charge < -0.3 is 24.8 Å². The van der Waals surface area contributed by atoms with Crippen molar-refractivity contribution >= 4 is 5.91 Å². The second kappa shape index (κ2) is 8.39. The molecule has 1 unspecified atom stereocenters. The van der Waals surface area contributed by atoms with E-state index in [1.165, 1.54) is 12.0 Å². The molecule has 1 rings (SSSR count). The molecule has 1 atom stereocenters. The van der Waals surface area contributed by atoms with Crippen LogP contribution in [-0.2, 0) is 9.53 Å². The summed E-state index contributed by atoms with van der Waals surface area (Å²) in [5, 5.41) is 0. The number of likely N-dealkylation sites (N-methyl/N-ethyl adjacent to an activating group) is 1. The molecule has 1 amide bonds. The minimum absolute atomic E-state index is 0.171. The Bertz CT molecular complexity index is 425. The summed E-state index contributed by atoms with van der Waals surface area (Å²) in [4.78, 5) is 13.4. The fourth-order valence-electron chi connectivity index (χ4n) is 1.67. The average Bonchev–Trinajstić information content (AvgIpc) is 2.47. The fraction of sp³-hybridized carbons (Fsp3) is 0.500. The van der Waals surface area contributed by atoms with Crippen molar-refractivity contribution in [1.82, 2.24) is 4.90 Å². The largest absolute Gasteiger partial charge is 0.493 e. The quantitative estimate of drug-likeness (QED) is 0.752. The molecule has 0 fully saturated rings. The molecule has 0 aliphatic carbocycles. The van der Waals surface area contributed by atoms with E-state index < -0.39 is 6.04 Å². The SMILES string of the molecule is COCC(N)C(=O)N(C)CCOc1ccccc1OC. The number of hydrogen-bond acceptors (Lipinski definition) is 5. The Labute approximate surface area is 119 Å². The molecule has 0 aliphatic rings. The number of nitrogens with two attached hydrogens (primary N) is 1. The van der Waals surface area contributed by atoms with Crippen LogP contribution in [0.15, 0.2) is 24.3 Å². The van der Waals surface area contributed by atoms with E-state index in [9.17, 15) is 4.79 Å². The summed E-state index contributed by atoms with van der Waals surface area (Å²) in [6.07, 6.45) is 0. The summed E-state index contributed by atoms with van der Waals surface area (Å²) in [6.45, 7) is 1.01. The number of amides is 1. The van der Waals surface area contributed by atoms with E-state index in [-0.39, 0.29) is 12.5 Å². The minimum atomic E-state index is -0.642. The maximum atomic E-state index is 11.8. The second-order valence-corrected chi connectivity index (χ2v) is 4.32. The molecule has 0 spiro atoms. The molecule has 0 saturated heterocycles. The first-order valence-corrected chi connectivity index (χ1v) is 6.35. The van der Waals surface area contributed by atoms with Gasteiger partial charge in [-0.3, -0.25) is 4.79 Å². The monoisotopic (exact) mass is 282 g/mol. The van der Waals surface area contributed by atoms with Crippen molar-refractivity contribution in [1.29, 1.82) is 0 Å². The predicted molar refractivity (Wildman–Crippen MR) is 76.0 cm³/mol. The number of hydrogen-bond donors (Lipinski definition) is 1. The van der Waals surface area contributed by atoms with Crippen molar-refractivity contribution < 1.29 is 19.0 Å². The van der Waals surface area contributed by atoms with Gasteiger partial charge in [0.1, 0.15) is 12.6 Å². The Balaban J connectivity index is 2.42. The minimum Gasteiger partial charge on any atom is -0.493 e. The van der Waals surface area contributed by atoms with Crippen molar-refractivity contribution in [2.75, 3.05) is 41.0 Å². The van der Waals surface area contributed by atoms with Gasteiger partial charge in [-0.2, -0.15) is 0 Å². The van der Waals surface area contributed by atoms with Crippen molar-refractivity contribution in [3.8, 4) is 11.5 Å². The van der Waals surface area contributed by atoms with E-state index in [0.717, 1.165) is 0 Å². The Kier molecular flexibility index (Phi) is 6.83. The van der Waals surface area contributed by atoms with Crippen LogP contribution in [0, 0.1) is 0 Å². The van der Waals surface area contributed by atoms with E-state index in [2.05, 4.69) is 0 Å². The Morgan fingerprint density at radius 2 is 1.95 bits per heavy atom. The van der Waals surface area contributed by atoms with Crippen molar-refractivity contribution in [2.24, 2.45) is 5.73 Å². The third kappa shape index (κ3) is 4.71. The first kappa shape index (κ1) is 16.3. The van der Waals surface area contributed by atoms with E-state index in [4.69, 9.17) is 19.9 Å². The topological polar surface area (TPSA) is 74.0 Å². The fourth-order valence-corrected chi connectivity index (χ4v) is 1.67. The molecule has 0 aromatic heterocycles. The van der Waals surface area contributed by atoms with E-state index in [1.54, 1.807) is 14.2 Å². The molecule has 2 N–H and O–H groups in total. The van der Waals surface area contributed by atoms with Crippen LogP contribution in [0.5, 0.6) is 11.5 Å². The predicted octanol–water partition coefficient (Wildman–Crippen LogP) is 0.506. The molecule has 0 radical (unpaired) electrons. The molecule has 0 saturated carbocycles. The van der Waals surface area contributed by atoms with Crippen LogP contribution < -0.4 is 15.2 Å². The van der Waals surface area contributed by atoms with Gasteiger partial charge >= 0.3 is 0 Å². The van der Waals surface area contributed by atoms with Crippen molar-refractivity contribution in [3.05, 3.63) is 24.3 Å². The van der Waals surface area contributed by atoms with Gasteiger partial charge in [0.05, 0.1) is 20.3 Å². The van der Waals surface area contributed by atoms with Crippen LogP contribution in [0.1, 0.15) is 0 Å². The normalized spacial score (nSPS) is 11.8. The third-order valence-electron chi connectivity index (χ3n) is 2.79. The van der Waals surface area contributed by atoms with Gasteiger partial charge in [0.15, 0.2) is 11.5 Å². The van der Waals surface area contributed by atoms with Crippen LogP contribution in [0.2, 0.25) is 0 Å². The van der Waals surface area contributed by atoms with Gasteiger partial charge in [0.25, 0.3) is 0 Å². The van der Waals surface area contributed by atoms with Crippen molar-refractivity contribution in [3.63, 3.8) is 0 Å². The van der Waals surface area contributed by atoms with Gasteiger partial charge in [-0.25, -0.2) is 0 Å². The standard InChI is InChI=1S/C14H22N2O4/c1-16(14(17)11(15)10-18-2)8-9-20-13-7-5-4-6-12(13)19-3/h4-7,11H,8-10,15H2,1-3H3. The van der Waals surface area contributed by atoms with Crippen molar-refractivity contribution in [2.45, 2.75) is 6.04 Å². The highest BCUT2D eigenvalue weighted by Gasteiger charge is 2.17. The summed E-state index contributed by atoms with van der Waals surface area (Å²) >= 11 is 0. The van der Waals surface area contributed by atoms with Crippen LogP contribution >= 0.6 is 0 Å². The van der Waals surface area contributed by atoms with E-state index >= 15 is 0 Å². The van der Waals surface area contributed by atoms with Gasteiger partial charge in [-0.05, 0) is 12.1 Å². The highest BCUT2D eigenvalue weighted by Crippen LogP contribution is 2.25. The molecular formula is C14H22N2O4. The molecule has 1 aromatic rings. The summed E-state index contributed by atoms with van der Waals surface area (Å²) in [5.74, 6) is 1.14. The molecule has 6 heteroatoms. The second-order valence-electron chi connectivity index (χ2n) is 4.32. The summed E-state index contributed by atoms with van der Waals surface area (Å²) in [5.41, 5.74) is 5.68. The van der Waals surface area contributed by atoms with E-state index in [1.807, 2.05) is 24.3 Å². The number of nitrogens with zero attached hydrogens (tertiary/aromatic N) is 1.